The van der Waals surface area contributed by atoms with Crippen LogP contribution in [0.4, 0.5) is 16.5 Å². The maximum atomic E-state index is 12.2. The van der Waals surface area contributed by atoms with Crippen molar-refractivity contribution in [3.63, 3.8) is 0 Å². The van der Waals surface area contributed by atoms with Gasteiger partial charge in [-0.15, -0.1) is 0 Å². The topological polar surface area (TPSA) is 113 Å². The number of rotatable bonds is 4. The molecule has 1 aromatic carbocycles. The van der Waals surface area contributed by atoms with Gasteiger partial charge >= 0.3 is 0 Å². The van der Waals surface area contributed by atoms with E-state index in [1.165, 1.54) is 36.9 Å². The Morgan fingerprint density at radius 2 is 1.96 bits per heavy atom. The Kier molecular flexibility index (Phi) is 5.90. The van der Waals surface area contributed by atoms with E-state index in [0.717, 1.165) is 10.4 Å². The van der Waals surface area contributed by atoms with Gasteiger partial charge in [-0.3, -0.25) is 14.4 Å². The van der Waals surface area contributed by atoms with Gasteiger partial charge in [0.05, 0.1) is 15.5 Å². The average molecular weight is 416 g/mol. The lowest BCUT2D eigenvalue weighted by Gasteiger charge is -2.06. The third-order valence-corrected chi connectivity index (χ3v) is 5.24. The highest BCUT2D eigenvalue weighted by Gasteiger charge is 2.24. The van der Waals surface area contributed by atoms with Crippen molar-refractivity contribution in [2.24, 2.45) is 4.99 Å². The highest BCUT2D eigenvalue weighted by Crippen LogP contribution is 2.31. The Morgan fingerprint density at radius 1 is 1.21 bits per heavy atom. The number of thioether (sulfide) groups is 1. The van der Waals surface area contributed by atoms with E-state index in [1.54, 1.807) is 24.4 Å². The largest absolute Gasteiger partial charge is 0.326 e. The van der Waals surface area contributed by atoms with E-state index < -0.39 is 0 Å². The Bertz CT molecular complexity index is 1030. The molecule has 2 aromatic rings. The first-order valence-corrected chi connectivity index (χ1v) is 9.84. The number of aliphatic imine (C=N–C) groups is 1. The van der Waals surface area contributed by atoms with E-state index in [2.05, 4.69) is 25.9 Å². The van der Waals surface area contributed by atoms with Crippen molar-refractivity contribution in [1.82, 2.24) is 10.3 Å². The van der Waals surface area contributed by atoms with Gasteiger partial charge in [0, 0.05) is 25.7 Å². The molecule has 1 aliphatic rings. The standard InChI is InChI=1S/C18H17N5O3S2/c1-9-6-12(20-10(2)24)4-5-14(9)22-18-23-16(26)15(28-18)7-13-8-19-17(27-13)21-11(3)25/h4-8H,1-3H3,(H,20,24)(H,19,21,25)(H,22,23,26). The summed E-state index contributed by atoms with van der Waals surface area (Å²) in [4.78, 5) is 44.2. The van der Waals surface area contributed by atoms with E-state index in [4.69, 9.17) is 0 Å². The van der Waals surface area contributed by atoms with Gasteiger partial charge in [0.25, 0.3) is 5.91 Å². The number of carbonyl (C=O) groups excluding carboxylic acids is 3. The number of benzene rings is 1. The van der Waals surface area contributed by atoms with E-state index in [0.29, 0.717) is 26.6 Å². The number of hydrogen-bond acceptors (Lipinski definition) is 7. The van der Waals surface area contributed by atoms with Crippen LogP contribution in [0.5, 0.6) is 0 Å². The summed E-state index contributed by atoms with van der Waals surface area (Å²) in [6, 6.07) is 5.36. The zero-order valence-corrected chi connectivity index (χ0v) is 17.0. The van der Waals surface area contributed by atoms with Crippen LogP contribution in [-0.4, -0.2) is 27.9 Å². The molecule has 3 rings (SSSR count). The van der Waals surface area contributed by atoms with Gasteiger partial charge in [0.2, 0.25) is 11.8 Å². The van der Waals surface area contributed by atoms with Crippen molar-refractivity contribution in [1.29, 1.82) is 0 Å². The Balaban J connectivity index is 1.76. The second kappa shape index (κ2) is 8.36. The van der Waals surface area contributed by atoms with E-state index >= 15 is 0 Å². The third-order valence-electron chi connectivity index (χ3n) is 3.47. The minimum absolute atomic E-state index is 0.142. The predicted octanol–water partition coefficient (Wildman–Crippen LogP) is 3.26. The summed E-state index contributed by atoms with van der Waals surface area (Å²) >= 11 is 2.50. The molecule has 2 heterocycles. The minimum Gasteiger partial charge on any atom is -0.326 e. The summed E-state index contributed by atoms with van der Waals surface area (Å²) in [5.41, 5.74) is 2.26. The summed E-state index contributed by atoms with van der Waals surface area (Å²) in [5.74, 6) is -0.585. The molecule has 3 N–H and O–H groups in total. The fraction of sp³-hybridized carbons (Fsp3) is 0.167. The monoisotopic (exact) mass is 415 g/mol. The van der Waals surface area contributed by atoms with Crippen molar-refractivity contribution >= 4 is 68.6 Å². The van der Waals surface area contributed by atoms with Gasteiger partial charge in [0.1, 0.15) is 0 Å². The van der Waals surface area contributed by atoms with E-state index in [-0.39, 0.29) is 17.7 Å². The molecule has 28 heavy (non-hydrogen) atoms. The molecule has 0 bridgehead atoms. The van der Waals surface area contributed by atoms with Crippen LogP contribution in [0.2, 0.25) is 0 Å². The second-order valence-corrected chi connectivity index (χ2v) is 8.01. The first-order valence-electron chi connectivity index (χ1n) is 8.21. The quantitative estimate of drug-likeness (QED) is 0.664. The molecule has 0 radical (unpaired) electrons. The molecule has 1 aromatic heterocycles. The first kappa shape index (κ1) is 19.8. The summed E-state index contributed by atoms with van der Waals surface area (Å²) in [6.45, 7) is 4.74. The van der Waals surface area contributed by atoms with Crippen LogP contribution in [0.25, 0.3) is 6.08 Å². The normalized spacial score (nSPS) is 16.3. The molecule has 10 heteroatoms. The number of thiazole rings is 1. The summed E-state index contributed by atoms with van der Waals surface area (Å²) in [5, 5.41) is 9.01. The smallest absolute Gasteiger partial charge is 0.264 e. The Labute approximate surface area is 169 Å². The molecule has 8 nitrogen and oxygen atoms in total. The molecule has 0 atom stereocenters. The number of aryl methyl sites for hydroxylation is 1. The van der Waals surface area contributed by atoms with Crippen LogP contribution >= 0.6 is 23.1 Å². The lowest BCUT2D eigenvalue weighted by atomic mass is 10.2. The van der Waals surface area contributed by atoms with Crippen LogP contribution in [0.1, 0.15) is 24.3 Å². The number of nitrogens with one attached hydrogen (secondary N) is 3. The van der Waals surface area contributed by atoms with Crippen molar-refractivity contribution < 1.29 is 14.4 Å². The van der Waals surface area contributed by atoms with Crippen molar-refractivity contribution in [2.75, 3.05) is 10.6 Å². The van der Waals surface area contributed by atoms with Crippen LogP contribution in [0.15, 0.2) is 34.3 Å². The van der Waals surface area contributed by atoms with E-state index in [1.807, 2.05) is 13.0 Å². The minimum atomic E-state index is -0.245. The zero-order chi connectivity index (χ0) is 20.3. The number of anilines is 2. The molecule has 144 valence electrons. The predicted molar refractivity (Wildman–Crippen MR) is 113 cm³/mol. The van der Waals surface area contributed by atoms with Crippen LogP contribution in [0.3, 0.4) is 0 Å². The van der Waals surface area contributed by atoms with Crippen molar-refractivity contribution in [2.45, 2.75) is 20.8 Å². The number of hydrogen-bond donors (Lipinski definition) is 3. The van der Waals surface area contributed by atoms with Crippen LogP contribution in [-0.2, 0) is 14.4 Å². The van der Waals surface area contributed by atoms with E-state index in [9.17, 15) is 14.4 Å². The van der Waals surface area contributed by atoms with Gasteiger partial charge in [-0.2, -0.15) is 0 Å². The fourth-order valence-electron chi connectivity index (χ4n) is 2.34. The molecule has 1 aliphatic heterocycles. The maximum Gasteiger partial charge on any atom is 0.264 e. The highest BCUT2D eigenvalue weighted by atomic mass is 32.2. The summed E-state index contributed by atoms with van der Waals surface area (Å²) < 4.78 is 0. The van der Waals surface area contributed by atoms with Crippen LogP contribution < -0.4 is 16.0 Å². The SMILES string of the molecule is CC(=O)Nc1ccc(N=C2NC(=O)C(=Cc3cnc(NC(C)=O)s3)S2)c(C)c1. The average Bonchev–Trinajstić information content (AvgIpc) is 3.16. The summed E-state index contributed by atoms with van der Waals surface area (Å²) in [6.07, 6.45) is 3.30. The molecule has 3 amide bonds. The number of carbonyl (C=O) groups is 3. The Hall–Kier alpha value is -2.98. The number of nitrogens with zero attached hydrogens (tertiary/aromatic N) is 2. The molecular weight excluding hydrogens is 398 g/mol. The maximum absolute atomic E-state index is 12.2. The fourth-order valence-corrected chi connectivity index (χ4v) is 4.05. The molecule has 0 unspecified atom stereocenters. The zero-order valence-electron chi connectivity index (χ0n) is 15.3. The molecular formula is C18H17N5O3S2. The van der Waals surface area contributed by atoms with Gasteiger partial charge < -0.3 is 16.0 Å². The molecule has 0 saturated carbocycles. The second-order valence-electron chi connectivity index (χ2n) is 5.91. The third kappa shape index (κ3) is 5.05. The lowest BCUT2D eigenvalue weighted by Crippen LogP contribution is -2.19. The molecule has 0 aliphatic carbocycles. The number of amidine groups is 1. The summed E-state index contributed by atoms with van der Waals surface area (Å²) in [7, 11) is 0. The van der Waals surface area contributed by atoms with Gasteiger partial charge in [0.15, 0.2) is 10.3 Å². The van der Waals surface area contributed by atoms with Gasteiger partial charge in [-0.05, 0) is 48.5 Å². The molecule has 1 saturated heterocycles. The van der Waals surface area contributed by atoms with Crippen molar-refractivity contribution in [3.8, 4) is 0 Å². The van der Waals surface area contributed by atoms with Crippen LogP contribution in [0, 0.1) is 6.92 Å². The first-order chi connectivity index (χ1) is 13.3. The molecule has 1 fully saturated rings. The van der Waals surface area contributed by atoms with Gasteiger partial charge in [-0.1, -0.05) is 11.3 Å². The molecule has 0 spiro atoms. The Morgan fingerprint density at radius 3 is 2.64 bits per heavy atom. The lowest BCUT2D eigenvalue weighted by molar-refractivity contribution is -0.115. The van der Waals surface area contributed by atoms with Crippen molar-refractivity contribution in [3.05, 3.63) is 39.7 Å². The number of aromatic nitrogens is 1. The number of amides is 3. The highest BCUT2D eigenvalue weighted by molar-refractivity contribution is 8.18. The van der Waals surface area contributed by atoms with Gasteiger partial charge in [-0.25, -0.2) is 9.98 Å².